The molecule has 0 radical (unpaired) electrons. The fourth-order valence-electron chi connectivity index (χ4n) is 4.55. The number of carbonyl (C=O) groups excluding carboxylic acids is 1. The van der Waals surface area contributed by atoms with Gasteiger partial charge in [-0.3, -0.25) is 4.79 Å². The van der Waals surface area contributed by atoms with Crippen molar-refractivity contribution in [1.82, 2.24) is 9.21 Å². The molecule has 0 spiro atoms. The molecule has 2 aliphatic rings. The van der Waals surface area contributed by atoms with Crippen molar-refractivity contribution in [3.8, 4) is 11.5 Å². The smallest absolute Gasteiger partial charge is 0.254 e. The molecule has 0 unspecified atom stereocenters. The van der Waals surface area contributed by atoms with E-state index in [2.05, 4.69) is 0 Å². The molecule has 2 aromatic carbocycles. The molecule has 0 aliphatic carbocycles. The van der Waals surface area contributed by atoms with Crippen LogP contribution < -0.4 is 9.47 Å². The highest BCUT2D eigenvalue weighted by Crippen LogP contribution is 2.35. The topological polar surface area (TPSA) is 76.1 Å². The van der Waals surface area contributed by atoms with E-state index in [1.165, 1.54) is 17.5 Å². The Kier molecular flexibility index (Phi) is 6.71. The lowest BCUT2D eigenvalue weighted by Crippen LogP contribution is -2.31. The van der Waals surface area contributed by atoms with E-state index in [0.717, 1.165) is 37.0 Å². The number of benzene rings is 2. The molecule has 1 amide bonds. The molecule has 2 heterocycles. The molecule has 0 aromatic heterocycles. The van der Waals surface area contributed by atoms with Crippen LogP contribution in [0.1, 0.15) is 54.6 Å². The van der Waals surface area contributed by atoms with Crippen molar-refractivity contribution in [1.29, 1.82) is 0 Å². The second-order valence-electron chi connectivity index (χ2n) is 8.14. The fraction of sp³-hybridized carbons (Fsp3) is 0.458. The van der Waals surface area contributed by atoms with Crippen LogP contribution in [-0.4, -0.2) is 56.9 Å². The average Bonchev–Trinajstić information content (AvgIpc) is 3.52. The standard InChI is InChI=1S/C24H30N2O5S/c1-3-31-20-11-8-18(9-12-20)21-7-6-16-26(21)24(27)19-10-13-22(30-2)23(17-19)32(28,29)25-14-4-5-15-25/h8-13,17,21H,3-7,14-16H2,1-2H3/t21-/m0/s1. The van der Waals surface area contributed by atoms with Gasteiger partial charge in [0, 0.05) is 25.2 Å². The van der Waals surface area contributed by atoms with Gasteiger partial charge in [0.25, 0.3) is 5.91 Å². The molecule has 2 aromatic rings. The number of hydrogen-bond acceptors (Lipinski definition) is 5. The SMILES string of the molecule is CCOc1ccc([C@@H]2CCCN2C(=O)c2ccc(OC)c(S(=O)(=O)N3CCCC3)c2)cc1. The zero-order valence-corrected chi connectivity index (χ0v) is 19.4. The van der Waals surface area contributed by atoms with Crippen LogP contribution in [0.15, 0.2) is 47.4 Å². The van der Waals surface area contributed by atoms with E-state index < -0.39 is 10.0 Å². The van der Waals surface area contributed by atoms with Crippen LogP contribution in [0, 0.1) is 0 Å². The van der Waals surface area contributed by atoms with E-state index in [1.54, 1.807) is 12.1 Å². The Morgan fingerprint density at radius 1 is 1.03 bits per heavy atom. The van der Waals surface area contributed by atoms with Crippen LogP contribution in [0.5, 0.6) is 11.5 Å². The number of methoxy groups -OCH3 is 1. The van der Waals surface area contributed by atoms with Crippen molar-refractivity contribution in [2.45, 2.75) is 43.5 Å². The Hall–Kier alpha value is -2.58. The summed E-state index contributed by atoms with van der Waals surface area (Å²) < 4.78 is 38.7. The Morgan fingerprint density at radius 2 is 1.75 bits per heavy atom. The van der Waals surface area contributed by atoms with E-state index in [-0.39, 0.29) is 22.6 Å². The molecule has 2 aliphatic heterocycles. The first kappa shape index (κ1) is 22.6. The lowest BCUT2D eigenvalue weighted by molar-refractivity contribution is 0.0735. The van der Waals surface area contributed by atoms with Crippen LogP contribution in [0.4, 0.5) is 0 Å². The summed E-state index contributed by atoms with van der Waals surface area (Å²) in [5.41, 5.74) is 1.42. The lowest BCUT2D eigenvalue weighted by Gasteiger charge is -2.26. The third-order valence-corrected chi connectivity index (χ3v) is 8.10. The largest absolute Gasteiger partial charge is 0.495 e. The van der Waals surface area contributed by atoms with Gasteiger partial charge in [-0.25, -0.2) is 8.42 Å². The first-order valence-electron chi connectivity index (χ1n) is 11.2. The zero-order valence-electron chi connectivity index (χ0n) is 18.6. The maximum atomic E-state index is 13.5. The molecule has 0 bridgehead atoms. The summed E-state index contributed by atoms with van der Waals surface area (Å²) in [6.07, 6.45) is 3.46. The Bertz CT molecular complexity index is 1060. The fourth-order valence-corrected chi connectivity index (χ4v) is 6.25. The number of likely N-dealkylation sites (tertiary alicyclic amines) is 1. The van der Waals surface area contributed by atoms with Gasteiger partial charge in [0.15, 0.2) is 0 Å². The van der Waals surface area contributed by atoms with Gasteiger partial charge in [-0.15, -0.1) is 0 Å². The first-order chi connectivity index (χ1) is 15.5. The van der Waals surface area contributed by atoms with Crippen LogP contribution in [0.3, 0.4) is 0 Å². The summed E-state index contributed by atoms with van der Waals surface area (Å²) in [6.45, 7) is 4.17. The molecule has 32 heavy (non-hydrogen) atoms. The van der Waals surface area contributed by atoms with Crippen molar-refractivity contribution in [3.63, 3.8) is 0 Å². The van der Waals surface area contributed by atoms with Gasteiger partial charge >= 0.3 is 0 Å². The summed E-state index contributed by atoms with van der Waals surface area (Å²) in [5.74, 6) is 0.902. The van der Waals surface area contributed by atoms with E-state index in [9.17, 15) is 13.2 Å². The van der Waals surface area contributed by atoms with Gasteiger partial charge in [0.2, 0.25) is 10.0 Å². The molecular weight excluding hydrogens is 428 g/mol. The quantitative estimate of drug-likeness (QED) is 0.630. The van der Waals surface area contributed by atoms with Gasteiger partial charge in [-0.05, 0) is 68.5 Å². The monoisotopic (exact) mass is 458 g/mol. The second-order valence-corrected chi connectivity index (χ2v) is 10.0. The molecule has 172 valence electrons. The number of carbonyl (C=O) groups is 1. The molecule has 0 N–H and O–H groups in total. The van der Waals surface area contributed by atoms with Crippen molar-refractivity contribution in [2.24, 2.45) is 0 Å². The van der Waals surface area contributed by atoms with Gasteiger partial charge in [0.1, 0.15) is 16.4 Å². The molecule has 2 saturated heterocycles. The average molecular weight is 459 g/mol. The number of sulfonamides is 1. The van der Waals surface area contributed by atoms with Crippen LogP contribution in [0.2, 0.25) is 0 Å². The minimum atomic E-state index is -3.71. The third kappa shape index (κ3) is 4.34. The highest BCUT2D eigenvalue weighted by Gasteiger charge is 2.34. The van der Waals surface area contributed by atoms with Crippen molar-refractivity contribution < 1.29 is 22.7 Å². The molecule has 8 heteroatoms. The minimum absolute atomic E-state index is 0.0427. The van der Waals surface area contributed by atoms with Crippen LogP contribution in [0.25, 0.3) is 0 Å². The Labute approximate surface area is 190 Å². The number of nitrogens with zero attached hydrogens (tertiary/aromatic N) is 2. The number of ether oxygens (including phenoxy) is 2. The maximum Gasteiger partial charge on any atom is 0.254 e. The number of amides is 1. The van der Waals surface area contributed by atoms with Gasteiger partial charge in [0.05, 0.1) is 19.8 Å². The molecule has 0 saturated carbocycles. The van der Waals surface area contributed by atoms with Gasteiger partial charge in [-0.1, -0.05) is 12.1 Å². The summed E-state index contributed by atoms with van der Waals surface area (Å²) in [7, 11) is -2.27. The summed E-state index contributed by atoms with van der Waals surface area (Å²) >= 11 is 0. The zero-order chi connectivity index (χ0) is 22.7. The Balaban J connectivity index is 1.62. The van der Waals surface area contributed by atoms with Crippen molar-refractivity contribution in [2.75, 3.05) is 33.4 Å². The van der Waals surface area contributed by atoms with E-state index in [1.807, 2.05) is 36.1 Å². The second kappa shape index (κ2) is 9.50. The molecule has 4 rings (SSSR count). The van der Waals surface area contributed by atoms with Crippen LogP contribution in [-0.2, 0) is 10.0 Å². The molecule has 1 atom stereocenters. The highest BCUT2D eigenvalue weighted by molar-refractivity contribution is 7.89. The number of hydrogen-bond donors (Lipinski definition) is 0. The van der Waals surface area contributed by atoms with Crippen LogP contribution >= 0.6 is 0 Å². The molecule has 7 nitrogen and oxygen atoms in total. The van der Waals surface area contributed by atoms with Gasteiger partial charge < -0.3 is 14.4 Å². The minimum Gasteiger partial charge on any atom is -0.495 e. The van der Waals surface area contributed by atoms with Crippen molar-refractivity contribution in [3.05, 3.63) is 53.6 Å². The Morgan fingerprint density at radius 3 is 2.41 bits per heavy atom. The van der Waals surface area contributed by atoms with E-state index >= 15 is 0 Å². The highest BCUT2D eigenvalue weighted by atomic mass is 32.2. The predicted octanol–water partition coefficient (Wildman–Crippen LogP) is 3.86. The van der Waals surface area contributed by atoms with Gasteiger partial charge in [-0.2, -0.15) is 4.31 Å². The molecular formula is C24H30N2O5S. The number of rotatable bonds is 7. The summed E-state index contributed by atoms with van der Waals surface area (Å²) in [4.78, 5) is 15.3. The summed E-state index contributed by atoms with van der Waals surface area (Å²) in [5, 5.41) is 0. The van der Waals surface area contributed by atoms with Crippen molar-refractivity contribution >= 4 is 15.9 Å². The molecule has 2 fully saturated rings. The predicted molar refractivity (Wildman–Crippen MR) is 122 cm³/mol. The third-order valence-electron chi connectivity index (χ3n) is 6.18. The normalized spacial score (nSPS) is 19.3. The maximum absolute atomic E-state index is 13.5. The first-order valence-corrected chi connectivity index (χ1v) is 12.6. The van der Waals surface area contributed by atoms with E-state index in [4.69, 9.17) is 9.47 Å². The summed E-state index contributed by atoms with van der Waals surface area (Å²) in [6, 6.07) is 12.5. The lowest BCUT2D eigenvalue weighted by atomic mass is 10.0. The van der Waals surface area contributed by atoms with E-state index in [0.29, 0.717) is 31.8 Å².